The van der Waals surface area contributed by atoms with E-state index in [4.69, 9.17) is 4.98 Å². The molecule has 1 heterocycles. The third kappa shape index (κ3) is 9.63. The van der Waals surface area contributed by atoms with Gasteiger partial charge < -0.3 is 0 Å². The second-order valence-corrected chi connectivity index (χ2v) is 10.7. The van der Waals surface area contributed by atoms with Crippen LogP contribution in [-0.2, 0) is 12.8 Å². The number of pyridine rings is 1. The number of unbranched alkanes of at least 4 members (excludes halogenated alkanes) is 7. The van der Waals surface area contributed by atoms with E-state index < -0.39 is 0 Å². The summed E-state index contributed by atoms with van der Waals surface area (Å²) < 4.78 is 0. The standard InChI is InChI=1S/C32H49N/c1-3-5-7-9-11-13-30-22-25-32(33-26-30)31-23-20-29(21-24-31)19-18-28-16-14-27(15-17-28)12-10-8-6-4-2/h20-28H,3-19H2,1-2H3/t27-,28-. The zero-order valence-corrected chi connectivity index (χ0v) is 21.7. The van der Waals surface area contributed by atoms with Gasteiger partial charge in [0, 0.05) is 11.8 Å². The van der Waals surface area contributed by atoms with Crippen molar-refractivity contribution in [3.8, 4) is 11.3 Å². The van der Waals surface area contributed by atoms with Crippen molar-refractivity contribution in [2.45, 2.75) is 123 Å². The molecule has 0 bridgehead atoms. The van der Waals surface area contributed by atoms with Gasteiger partial charge in [0.2, 0.25) is 0 Å². The molecule has 0 N–H and O–H groups in total. The highest BCUT2D eigenvalue weighted by Crippen LogP contribution is 2.34. The maximum Gasteiger partial charge on any atom is 0.0702 e. The molecule has 1 aromatic heterocycles. The Morgan fingerprint density at radius 2 is 1.21 bits per heavy atom. The van der Waals surface area contributed by atoms with E-state index >= 15 is 0 Å². The van der Waals surface area contributed by atoms with Crippen LogP contribution in [0, 0.1) is 11.8 Å². The van der Waals surface area contributed by atoms with Crippen LogP contribution in [0.5, 0.6) is 0 Å². The zero-order chi connectivity index (χ0) is 23.1. The summed E-state index contributed by atoms with van der Waals surface area (Å²) >= 11 is 0. The van der Waals surface area contributed by atoms with E-state index in [-0.39, 0.29) is 0 Å². The Kier molecular flexibility index (Phi) is 12.1. The van der Waals surface area contributed by atoms with E-state index in [9.17, 15) is 0 Å². The number of aryl methyl sites for hydroxylation is 2. The summed E-state index contributed by atoms with van der Waals surface area (Å²) in [5, 5.41) is 0. The van der Waals surface area contributed by atoms with Gasteiger partial charge in [0.05, 0.1) is 5.69 Å². The highest BCUT2D eigenvalue weighted by molar-refractivity contribution is 5.59. The van der Waals surface area contributed by atoms with Crippen molar-refractivity contribution >= 4 is 0 Å². The minimum absolute atomic E-state index is 0.952. The van der Waals surface area contributed by atoms with Crippen molar-refractivity contribution in [3.63, 3.8) is 0 Å². The fourth-order valence-corrected chi connectivity index (χ4v) is 5.56. The van der Waals surface area contributed by atoms with E-state index in [1.165, 1.54) is 119 Å². The maximum atomic E-state index is 4.75. The van der Waals surface area contributed by atoms with Crippen LogP contribution in [0.4, 0.5) is 0 Å². The lowest BCUT2D eigenvalue weighted by Crippen LogP contribution is -2.15. The fraction of sp³-hybridized carbons (Fsp3) is 0.656. The lowest BCUT2D eigenvalue weighted by molar-refractivity contribution is 0.249. The second kappa shape index (κ2) is 15.3. The number of aromatic nitrogens is 1. The summed E-state index contributed by atoms with van der Waals surface area (Å²) in [6.45, 7) is 4.58. The lowest BCUT2D eigenvalue weighted by Gasteiger charge is -2.28. The van der Waals surface area contributed by atoms with Crippen LogP contribution in [-0.4, -0.2) is 4.98 Å². The molecule has 0 saturated heterocycles. The Labute approximate surface area is 204 Å². The number of rotatable bonds is 15. The van der Waals surface area contributed by atoms with Crippen LogP contribution in [0.25, 0.3) is 11.3 Å². The minimum atomic E-state index is 0.952. The first kappa shape index (κ1) is 26.0. The molecule has 0 atom stereocenters. The molecular formula is C32H49N. The van der Waals surface area contributed by atoms with Gasteiger partial charge in [-0.15, -0.1) is 0 Å². The average Bonchev–Trinajstić information content (AvgIpc) is 2.87. The smallest absolute Gasteiger partial charge is 0.0702 e. The van der Waals surface area contributed by atoms with Gasteiger partial charge in [-0.3, -0.25) is 4.98 Å². The summed E-state index contributed by atoms with van der Waals surface area (Å²) in [4.78, 5) is 4.75. The lowest BCUT2D eigenvalue weighted by atomic mass is 9.77. The predicted octanol–water partition coefficient (Wildman–Crippen LogP) is 9.97. The highest BCUT2D eigenvalue weighted by atomic mass is 14.7. The first-order valence-electron chi connectivity index (χ1n) is 14.3. The van der Waals surface area contributed by atoms with Crippen molar-refractivity contribution in [3.05, 3.63) is 53.7 Å². The maximum absolute atomic E-state index is 4.75. The van der Waals surface area contributed by atoms with Crippen LogP contribution in [0.3, 0.4) is 0 Å². The van der Waals surface area contributed by atoms with Gasteiger partial charge in [-0.2, -0.15) is 0 Å². The summed E-state index contributed by atoms with van der Waals surface area (Å²) in [6, 6.07) is 13.7. The van der Waals surface area contributed by atoms with Crippen molar-refractivity contribution in [1.82, 2.24) is 4.98 Å². The third-order valence-corrected chi connectivity index (χ3v) is 7.92. The molecule has 1 aromatic carbocycles. The van der Waals surface area contributed by atoms with Gasteiger partial charge in [0.1, 0.15) is 0 Å². The second-order valence-electron chi connectivity index (χ2n) is 10.7. The Hall–Kier alpha value is -1.63. The summed E-state index contributed by atoms with van der Waals surface area (Å²) in [5.41, 5.74) is 5.22. The monoisotopic (exact) mass is 447 g/mol. The van der Waals surface area contributed by atoms with Crippen molar-refractivity contribution in [1.29, 1.82) is 0 Å². The van der Waals surface area contributed by atoms with E-state index in [2.05, 4.69) is 56.4 Å². The molecule has 0 amide bonds. The molecule has 0 unspecified atom stereocenters. The molecule has 1 heteroatoms. The molecule has 182 valence electrons. The first-order chi connectivity index (χ1) is 16.3. The molecule has 1 fully saturated rings. The van der Waals surface area contributed by atoms with Crippen molar-refractivity contribution in [2.75, 3.05) is 0 Å². The zero-order valence-electron chi connectivity index (χ0n) is 21.7. The Balaban J connectivity index is 1.35. The van der Waals surface area contributed by atoms with Gasteiger partial charge in [-0.1, -0.05) is 128 Å². The van der Waals surface area contributed by atoms with Crippen LogP contribution >= 0.6 is 0 Å². The molecule has 1 aliphatic rings. The highest BCUT2D eigenvalue weighted by Gasteiger charge is 2.20. The van der Waals surface area contributed by atoms with Crippen molar-refractivity contribution < 1.29 is 0 Å². The normalized spacial score (nSPS) is 18.5. The number of hydrogen-bond donors (Lipinski definition) is 0. The quantitative estimate of drug-likeness (QED) is 0.247. The molecule has 1 nitrogen and oxygen atoms in total. The van der Waals surface area contributed by atoms with Gasteiger partial charge in [-0.05, 0) is 54.7 Å². The topological polar surface area (TPSA) is 12.9 Å². The van der Waals surface area contributed by atoms with E-state index in [0.717, 1.165) is 24.0 Å². The average molecular weight is 448 g/mol. The summed E-state index contributed by atoms with van der Waals surface area (Å²) in [6.07, 6.45) is 25.6. The summed E-state index contributed by atoms with van der Waals surface area (Å²) in [7, 11) is 0. The number of benzene rings is 1. The Bertz CT molecular complexity index is 737. The number of hydrogen-bond acceptors (Lipinski definition) is 1. The Morgan fingerprint density at radius 3 is 1.85 bits per heavy atom. The first-order valence-corrected chi connectivity index (χ1v) is 14.3. The molecular weight excluding hydrogens is 398 g/mol. The van der Waals surface area contributed by atoms with Gasteiger partial charge in [0.25, 0.3) is 0 Å². The fourth-order valence-electron chi connectivity index (χ4n) is 5.56. The van der Waals surface area contributed by atoms with E-state index in [1.807, 2.05) is 0 Å². The molecule has 1 saturated carbocycles. The third-order valence-electron chi connectivity index (χ3n) is 7.92. The SMILES string of the molecule is CCCCCCCc1ccc(-c2ccc(CC[C@H]3CC[C@H](CCCCCC)CC3)cc2)nc1. The van der Waals surface area contributed by atoms with Crippen LogP contribution < -0.4 is 0 Å². The molecule has 3 rings (SSSR count). The van der Waals surface area contributed by atoms with Crippen molar-refractivity contribution in [2.24, 2.45) is 11.8 Å². The Morgan fingerprint density at radius 1 is 0.606 bits per heavy atom. The number of nitrogens with zero attached hydrogens (tertiary/aromatic N) is 1. The van der Waals surface area contributed by atoms with E-state index in [1.54, 1.807) is 0 Å². The van der Waals surface area contributed by atoms with Crippen LogP contribution in [0.1, 0.15) is 121 Å². The van der Waals surface area contributed by atoms with Crippen LogP contribution in [0.2, 0.25) is 0 Å². The predicted molar refractivity (Wildman–Crippen MR) is 145 cm³/mol. The van der Waals surface area contributed by atoms with Gasteiger partial charge >= 0.3 is 0 Å². The molecule has 0 spiro atoms. The molecule has 0 aliphatic heterocycles. The molecule has 0 radical (unpaired) electrons. The molecule has 2 aromatic rings. The van der Waals surface area contributed by atoms with Crippen LogP contribution in [0.15, 0.2) is 42.6 Å². The van der Waals surface area contributed by atoms with Gasteiger partial charge in [0.15, 0.2) is 0 Å². The minimum Gasteiger partial charge on any atom is -0.256 e. The largest absolute Gasteiger partial charge is 0.256 e. The van der Waals surface area contributed by atoms with E-state index in [0.29, 0.717) is 0 Å². The molecule has 1 aliphatic carbocycles. The molecule has 33 heavy (non-hydrogen) atoms. The van der Waals surface area contributed by atoms with Gasteiger partial charge in [-0.25, -0.2) is 0 Å². The summed E-state index contributed by atoms with van der Waals surface area (Å²) in [5.74, 6) is 1.98.